The van der Waals surface area contributed by atoms with Gasteiger partial charge in [-0.3, -0.25) is 19.6 Å². The first-order chi connectivity index (χ1) is 12.7. The fourth-order valence-corrected chi connectivity index (χ4v) is 3.32. The van der Waals surface area contributed by atoms with E-state index in [1.54, 1.807) is 0 Å². The Morgan fingerprint density at radius 3 is 2.26 bits per heavy atom. The molecule has 0 saturated carbocycles. The molecule has 2 aromatic carbocycles. The standard InChI is InChI=1S/C16H17N3O7S/c1-10(20)17-13-8-11(4-6-15(13)25-2)18-27(23,24)12-5-7-16(26-3)14(9-12)19(21)22/h4-9,18H,1-3H3,(H,17,20). The van der Waals surface area contributed by atoms with E-state index in [0.29, 0.717) is 5.75 Å². The molecule has 0 aliphatic heterocycles. The van der Waals surface area contributed by atoms with E-state index in [1.165, 1.54) is 51.5 Å². The van der Waals surface area contributed by atoms with Gasteiger partial charge in [0.05, 0.1) is 35.4 Å². The highest BCUT2D eigenvalue weighted by molar-refractivity contribution is 7.92. The molecule has 0 spiro atoms. The number of carbonyl (C=O) groups excluding carboxylic acids is 1. The second-order valence-corrected chi connectivity index (χ2v) is 6.97. The molecule has 0 saturated heterocycles. The predicted octanol–water partition coefficient (Wildman–Crippen LogP) is 2.37. The molecule has 0 aliphatic rings. The number of rotatable bonds is 7. The third-order valence-corrected chi connectivity index (χ3v) is 4.80. The molecule has 27 heavy (non-hydrogen) atoms. The quantitative estimate of drug-likeness (QED) is 0.542. The van der Waals surface area contributed by atoms with E-state index in [9.17, 15) is 23.3 Å². The smallest absolute Gasteiger partial charge is 0.312 e. The van der Waals surface area contributed by atoms with Crippen LogP contribution in [0.4, 0.5) is 17.1 Å². The average molecular weight is 395 g/mol. The fraction of sp³-hybridized carbons (Fsp3) is 0.188. The van der Waals surface area contributed by atoms with E-state index in [4.69, 9.17) is 9.47 Å². The molecule has 0 atom stereocenters. The minimum Gasteiger partial charge on any atom is -0.495 e. The van der Waals surface area contributed by atoms with Gasteiger partial charge in [0, 0.05) is 13.0 Å². The minimum atomic E-state index is -4.12. The summed E-state index contributed by atoms with van der Waals surface area (Å²) in [6, 6.07) is 7.56. The molecule has 0 heterocycles. The maximum Gasteiger partial charge on any atom is 0.312 e. The van der Waals surface area contributed by atoms with Crippen molar-refractivity contribution in [2.75, 3.05) is 24.3 Å². The fourth-order valence-electron chi connectivity index (χ4n) is 2.25. The summed E-state index contributed by atoms with van der Waals surface area (Å²) in [4.78, 5) is 21.3. The maximum atomic E-state index is 12.6. The molecule has 0 aromatic heterocycles. The number of nitro groups is 1. The van der Waals surface area contributed by atoms with Crippen molar-refractivity contribution in [1.82, 2.24) is 0 Å². The molecule has 144 valence electrons. The third kappa shape index (κ3) is 4.64. The number of nitrogens with zero attached hydrogens (tertiary/aromatic N) is 1. The number of methoxy groups -OCH3 is 2. The van der Waals surface area contributed by atoms with E-state index < -0.39 is 20.6 Å². The third-order valence-electron chi connectivity index (χ3n) is 3.42. The predicted molar refractivity (Wildman–Crippen MR) is 97.8 cm³/mol. The summed E-state index contributed by atoms with van der Waals surface area (Å²) < 4.78 is 37.4. The van der Waals surface area contributed by atoms with Crippen molar-refractivity contribution in [3.8, 4) is 11.5 Å². The van der Waals surface area contributed by atoms with Gasteiger partial charge in [-0.2, -0.15) is 0 Å². The second-order valence-electron chi connectivity index (χ2n) is 5.29. The Morgan fingerprint density at radius 2 is 1.70 bits per heavy atom. The van der Waals surface area contributed by atoms with E-state index in [1.807, 2.05) is 0 Å². The number of hydrogen-bond donors (Lipinski definition) is 2. The van der Waals surface area contributed by atoms with Crippen LogP contribution in [0.5, 0.6) is 11.5 Å². The zero-order valence-corrected chi connectivity index (χ0v) is 15.5. The van der Waals surface area contributed by atoms with E-state index in [0.717, 1.165) is 6.07 Å². The van der Waals surface area contributed by atoms with Crippen LogP contribution in [0.15, 0.2) is 41.3 Å². The summed E-state index contributed by atoms with van der Waals surface area (Å²) in [7, 11) is -1.47. The zero-order chi connectivity index (χ0) is 20.2. The summed E-state index contributed by atoms with van der Waals surface area (Å²) in [5.74, 6) is -0.0799. The van der Waals surface area contributed by atoms with Crippen molar-refractivity contribution in [3.63, 3.8) is 0 Å². The van der Waals surface area contributed by atoms with Gasteiger partial charge < -0.3 is 14.8 Å². The SMILES string of the molecule is COc1ccc(NS(=O)(=O)c2ccc(OC)c([N+](=O)[O-])c2)cc1NC(C)=O. The number of hydrogen-bond acceptors (Lipinski definition) is 7. The molecule has 2 aromatic rings. The summed E-state index contributed by atoms with van der Waals surface area (Å²) >= 11 is 0. The molecule has 0 aliphatic carbocycles. The first kappa shape index (κ1) is 20.0. The van der Waals surface area contributed by atoms with E-state index in [2.05, 4.69) is 10.0 Å². The van der Waals surface area contributed by atoms with Crippen LogP contribution in [-0.4, -0.2) is 33.5 Å². The van der Waals surface area contributed by atoms with Gasteiger partial charge >= 0.3 is 5.69 Å². The lowest BCUT2D eigenvalue weighted by Crippen LogP contribution is -2.14. The molecule has 10 nitrogen and oxygen atoms in total. The van der Waals surface area contributed by atoms with Crippen molar-refractivity contribution < 1.29 is 27.6 Å². The van der Waals surface area contributed by atoms with Crippen molar-refractivity contribution in [2.24, 2.45) is 0 Å². The lowest BCUT2D eigenvalue weighted by molar-refractivity contribution is -0.386. The summed E-state index contributed by atoms with van der Waals surface area (Å²) in [6.07, 6.45) is 0. The average Bonchev–Trinajstić information content (AvgIpc) is 2.60. The van der Waals surface area contributed by atoms with E-state index >= 15 is 0 Å². The van der Waals surface area contributed by atoms with Gasteiger partial charge in [0.1, 0.15) is 5.75 Å². The molecule has 0 unspecified atom stereocenters. The minimum absolute atomic E-state index is 0.0589. The van der Waals surface area contributed by atoms with Crippen LogP contribution in [0.25, 0.3) is 0 Å². The van der Waals surface area contributed by atoms with Crippen LogP contribution < -0.4 is 19.5 Å². The van der Waals surface area contributed by atoms with Gasteiger partial charge in [0.2, 0.25) is 5.91 Å². The molecular formula is C16H17N3O7S. The summed E-state index contributed by atoms with van der Waals surface area (Å²) in [6.45, 7) is 1.30. The zero-order valence-electron chi connectivity index (χ0n) is 14.7. The summed E-state index contributed by atoms with van der Waals surface area (Å²) in [5.41, 5.74) is -0.0713. The highest BCUT2D eigenvalue weighted by Crippen LogP contribution is 2.32. The molecule has 2 rings (SSSR count). The number of carbonyl (C=O) groups is 1. The Hall–Kier alpha value is -3.34. The van der Waals surface area contributed by atoms with Crippen molar-refractivity contribution in [2.45, 2.75) is 11.8 Å². The molecule has 11 heteroatoms. The van der Waals surface area contributed by atoms with Crippen LogP contribution in [0, 0.1) is 10.1 Å². The van der Waals surface area contributed by atoms with Crippen molar-refractivity contribution >= 4 is 33.0 Å². The van der Waals surface area contributed by atoms with Crippen LogP contribution in [-0.2, 0) is 14.8 Å². The van der Waals surface area contributed by atoms with E-state index in [-0.39, 0.29) is 27.9 Å². The van der Waals surface area contributed by atoms with Crippen molar-refractivity contribution in [1.29, 1.82) is 0 Å². The Labute approximate surface area is 155 Å². The van der Waals surface area contributed by atoms with Gasteiger partial charge in [-0.1, -0.05) is 0 Å². The van der Waals surface area contributed by atoms with Crippen LogP contribution in [0.1, 0.15) is 6.92 Å². The number of nitro benzene ring substituents is 1. The van der Waals surface area contributed by atoms with Gasteiger partial charge in [-0.25, -0.2) is 8.42 Å². The largest absolute Gasteiger partial charge is 0.495 e. The normalized spacial score (nSPS) is 10.8. The van der Waals surface area contributed by atoms with Crippen LogP contribution >= 0.6 is 0 Å². The molecule has 0 bridgehead atoms. The maximum absolute atomic E-state index is 12.6. The number of anilines is 2. The number of benzene rings is 2. The van der Waals surface area contributed by atoms with Gasteiger partial charge in [0.15, 0.2) is 5.75 Å². The molecule has 2 N–H and O–H groups in total. The Balaban J connectivity index is 2.40. The number of ether oxygens (including phenoxy) is 2. The second kappa shape index (κ2) is 7.91. The Morgan fingerprint density at radius 1 is 1.07 bits per heavy atom. The van der Waals surface area contributed by atoms with Gasteiger partial charge in [0.25, 0.3) is 10.0 Å². The monoisotopic (exact) mass is 395 g/mol. The first-order valence-electron chi connectivity index (χ1n) is 7.49. The number of nitrogens with one attached hydrogen (secondary N) is 2. The number of amides is 1. The lowest BCUT2D eigenvalue weighted by atomic mass is 10.2. The molecule has 0 radical (unpaired) electrons. The molecular weight excluding hydrogens is 378 g/mol. The highest BCUT2D eigenvalue weighted by atomic mass is 32.2. The molecule has 1 amide bonds. The Kier molecular flexibility index (Phi) is 5.85. The topological polar surface area (TPSA) is 137 Å². The van der Waals surface area contributed by atoms with Crippen molar-refractivity contribution in [3.05, 3.63) is 46.5 Å². The van der Waals surface area contributed by atoms with Crippen LogP contribution in [0.2, 0.25) is 0 Å². The highest BCUT2D eigenvalue weighted by Gasteiger charge is 2.22. The lowest BCUT2D eigenvalue weighted by Gasteiger charge is -2.13. The molecule has 0 fully saturated rings. The Bertz CT molecular complexity index is 990. The van der Waals surface area contributed by atoms with Crippen LogP contribution in [0.3, 0.4) is 0 Å². The first-order valence-corrected chi connectivity index (χ1v) is 8.97. The number of sulfonamides is 1. The van der Waals surface area contributed by atoms with Gasteiger partial charge in [-0.15, -0.1) is 0 Å². The summed E-state index contributed by atoms with van der Waals surface area (Å²) in [5, 5.41) is 13.6. The van der Waals surface area contributed by atoms with Gasteiger partial charge in [-0.05, 0) is 30.3 Å².